The molecule has 1 aliphatic heterocycles. The topological polar surface area (TPSA) is 52.7 Å². The van der Waals surface area contributed by atoms with Gasteiger partial charge in [-0.25, -0.2) is 0 Å². The van der Waals surface area contributed by atoms with E-state index in [2.05, 4.69) is 24.1 Å². The Balaban J connectivity index is 1.57. The van der Waals surface area contributed by atoms with E-state index in [1.807, 2.05) is 29.2 Å². The molecule has 1 atom stereocenters. The zero-order valence-electron chi connectivity index (χ0n) is 16.0. The van der Waals surface area contributed by atoms with Crippen LogP contribution in [0.15, 0.2) is 24.3 Å². The van der Waals surface area contributed by atoms with Gasteiger partial charge in [0.1, 0.15) is 0 Å². The Morgan fingerprint density at radius 2 is 1.77 bits per heavy atom. The Hall–Kier alpha value is -2.04. The van der Waals surface area contributed by atoms with Gasteiger partial charge in [-0.15, -0.1) is 0 Å². The highest BCUT2D eigenvalue weighted by molar-refractivity contribution is 5.97. The molecule has 0 radical (unpaired) electrons. The molecule has 1 saturated heterocycles. The van der Waals surface area contributed by atoms with Gasteiger partial charge in [-0.1, -0.05) is 19.3 Å². The third-order valence-corrected chi connectivity index (χ3v) is 5.81. The van der Waals surface area contributed by atoms with Gasteiger partial charge in [0, 0.05) is 43.5 Å². The van der Waals surface area contributed by atoms with Crippen molar-refractivity contribution in [1.82, 2.24) is 4.90 Å². The van der Waals surface area contributed by atoms with Crippen LogP contribution < -0.4 is 10.2 Å². The third-order valence-electron chi connectivity index (χ3n) is 5.81. The van der Waals surface area contributed by atoms with Crippen LogP contribution in [0.4, 0.5) is 11.4 Å². The van der Waals surface area contributed by atoms with Gasteiger partial charge >= 0.3 is 0 Å². The van der Waals surface area contributed by atoms with E-state index in [-0.39, 0.29) is 17.7 Å². The van der Waals surface area contributed by atoms with Crippen molar-refractivity contribution in [3.63, 3.8) is 0 Å². The Morgan fingerprint density at radius 3 is 2.38 bits per heavy atom. The first kappa shape index (κ1) is 18.7. The minimum absolute atomic E-state index is 0.0350. The maximum Gasteiger partial charge on any atom is 0.229 e. The standard InChI is InChI=1S/C21H31N3O2/c1-3-23(4-2)18-12-10-17(11-13-18)22-21(26)16-14-20(25)24(15-16)19-8-6-5-7-9-19/h10-13,16,19H,3-9,14-15H2,1-2H3,(H,22,26). The molecule has 26 heavy (non-hydrogen) atoms. The molecule has 5 nitrogen and oxygen atoms in total. The fourth-order valence-electron chi connectivity index (χ4n) is 4.24. The molecule has 1 saturated carbocycles. The highest BCUT2D eigenvalue weighted by Crippen LogP contribution is 2.29. The van der Waals surface area contributed by atoms with Gasteiger partial charge in [0.25, 0.3) is 0 Å². The van der Waals surface area contributed by atoms with Crippen molar-refractivity contribution in [2.45, 2.75) is 58.4 Å². The van der Waals surface area contributed by atoms with Crippen LogP contribution in [0.5, 0.6) is 0 Å². The van der Waals surface area contributed by atoms with Gasteiger partial charge in [0.05, 0.1) is 5.92 Å². The van der Waals surface area contributed by atoms with E-state index >= 15 is 0 Å². The Labute approximate surface area is 156 Å². The highest BCUT2D eigenvalue weighted by atomic mass is 16.2. The highest BCUT2D eigenvalue weighted by Gasteiger charge is 2.38. The van der Waals surface area contributed by atoms with Crippen molar-refractivity contribution < 1.29 is 9.59 Å². The van der Waals surface area contributed by atoms with Crippen molar-refractivity contribution in [2.24, 2.45) is 5.92 Å². The van der Waals surface area contributed by atoms with Crippen LogP contribution in [0.2, 0.25) is 0 Å². The molecule has 1 unspecified atom stereocenters. The summed E-state index contributed by atoms with van der Waals surface area (Å²) < 4.78 is 0. The molecule has 1 N–H and O–H groups in total. The Kier molecular flexibility index (Phi) is 6.17. The van der Waals surface area contributed by atoms with Gasteiger partial charge in [-0.3, -0.25) is 9.59 Å². The molecule has 142 valence electrons. The number of hydrogen-bond acceptors (Lipinski definition) is 3. The molecule has 2 aliphatic rings. The molecule has 2 fully saturated rings. The maximum absolute atomic E-state index is 12.6. The normalized spacial score (nSPS) is 21.1. The monoisotopic (exact) mass is 357 g/mol. The molecular formula is C21H31N3O2. The second-order valence-corrected chi connectivity index (χ2v) is 7.45. The predicted octanol–water partition coefficient (Wildman–Crippen LogP) is 3.65. The molecule has 5 heteroatoms. The minimum atomic E-state index is -0.230. The molecule has 1 aromatic rings. The molecule has 0 spiro atoms. The van der Waals surface area contributed by atoms with E-state index in [9.17, 15) is 9.59 Å². The van der Waals surface area contributed by atoms with Crippen LogP contribution in [-0.2, 0) is 9.59 Å². The number of amides is 2. The van der Waals surface area contributed by atoms with Crippen LogP contribution in [0.1, 0.15) is 52.4 Å². The number of carbonyl (C=O) groups is 2. The summed E-state index contributed by atoms with van der Waals surface area (Å²) in [7, 11) is 0. The van der Waals surface area contributed by atoms with Gasteiger partial charge in [-0.05, 0) is 51.0 Å². The lowest BCUT2D eigenvalue weighted by Crippen LogP contribution is -2.38. The van der Waals surface area contributed by atoms with Gasteiger partial charge in [0.2, 0.25) is 11.8 Å². The summed E-state index contributed by atoms with van der Waals surface area (Å²) in [5.74, 6) is -0.118. The molecule has 0 bridgehead atoms. The fourth-order valence-corrected chi connectivity index (χ4v) is 4.24. The van der Waals surface area contributed by atoms with Gasteiger partial charge in [-0.2, -0.15) is 0 Å². The first-order chi connectivity index (χ1) is 12.6. The van der Waals surface area contributed by atoms with Crippen LogP contribution in [0.3, 0.4) is 0 Å². The van der Waals surface area contributed by atoms with Crippen molar-refractivity contribution in [2.75, 3.05) is 29.9 Å². The lowest BCUT2D eigenvalue weighted by atomic mass is 9.94. The van der Waals surface area contributed by atoms with E-state index in [1.165, 1.54) is 19.3 Å². The van der Waals surface area contributed by atoms with Crippen LogP contribution in [0.25, 0.3) is 0 Å². The fraction of sp³-hybridized carbons (Fsp3) is 0.619. The number of nitrogens with one attached hydrogen (secondary N) is 1. The number of nitrogens with zero attached hydrogens (tertiary/aromatic N) is 2. The molecule has 0 aromatic heterocycles. The predicted molar refractivity (Wildman–Crippen MR) is 105 cm³/mol. The quantitative estimate of drug-likeness (QED) is 0.845. The number of likely N-dealkylation sites (tertiary alicyclic amines) is 1. The summed E-state index contributed by atoms with van der Waals surface area (Å²) in [6.07, 6.45) is 6.19. The minimum Gasteiger partial charge on any atom is -0.372 e. The van der Waals surface area contributed by atoms with Crippen molar-refractivity contribution in [1.29, 1.82) is 0 Å². The zero-order chi connectivity index (χ0) is 18.5. The Morgan fingerprint density at radius 1 is 1.12 bits per heavy atom. The van der Waals surface area contributed by atoms with Crippen molar-refractivity contribution in [3.05, 3.63) is 24.3 Å². The molecule has 3 rings (SSSR count). The van der Waals surface area contributed by atoms with Crippen molar-refractivity contribution >= 4 is 23.2 Å². The third kappa shape index (κ3) is 4.19. The van der Waals surface area contributed by atoms with E-state index in [4.69, 9.17) is 0 Å². The lowest BCUT2D eigenvalue weighted by molar-refractivity contribution is -0.130. The van der Waals surface area contributed by atoms with E-state index in [0.29, 0.717) is 19.0 Å². The van der Waals surface area contributed by atoms with Gasteiger partial charge in [0.15, 0.2) is 0 Å². The second-order valence-electron chi connectivity index (χ2n) is 7.45. The van der Waals surface area contributed by atoms with Crippen molar-refractivity contribution in [3.8, 4) is 0 Å². The average molecular weight is 357 g/mol. The second kappa shape index (κ2) is 8.56. The molecule has 1 heterocycles. The summed E-state index contributed by atoms with van der Waals surface area (Å²) in [5.41, 5.74) is 1.96. The largest absolute Gasteiger partial charge is 0.372 e. The summed E-state index contributed by atoms with van der Waals surface area (Å²) in [5, 5.41) is 2.99. The summed E-state index contributed by atoms with van der Waals surface area (Å²) >= 11 is 0. The number of anilines is 2. The zero-order valence-corrected chi connectivity index (χ0v) is 16.0. The van der Waals surface area contributed by atoms with Crippen LogP contribution >= 0.6 is 0 Å². The number of rotatable bonds is 6. The average Bonchev–Trinajstić information content (AvgIpc) is 3.07. The first-order valence-corrected chi connectivity index (χ1v) is 10.1. The molecule has 1 aromatic carbocycles. The number of benzene rings is 1. The summed E-state index contributed by atoms with van der Waals surface area (Å²) in [6.45, 7) is 6.77. The number of hydrogen-bond donors (Lipinski definition) is 1. The molecule has 2 amide bonds. The van der Waals surface area contributed by atoms with Crippen LogP contribution in [-0.4, -0.2) is 42.4 Å². The first-order valence-electron chi connectivity index (χ1n) is 10.1. The SMILES string of the molecule is CCN(CC)c1ccc(NC(=O)C2CC(=O)N(C3CCCCC3)C2)cc1. The van der Waals surface area contributed by atoms with E-state index < -0.39 is 0 Å². The van der Waals surface area contributed by atoms with Crippen LogP contribution in [0, 0.1) is 5.92 Å². The van der Waals surface area contributed by atoms with E-state index in [1.54, 1.807) is 0 Å². The smallest absolute Gasteiger partial charge is 0.229 e. The van der Waals surface area contributed by atoms with Gasteiger partial charge < -0.3 is 15.1 Å². The summed E-state index contributed by atoms with van der Waals surface area (Å²) in [6, 6.07) is 8.32. The Bertz CT molecular complexity index is 619. The number of carbonyl (C=O) groups excluding carboxylic acids is 2. The maximum atomic E-state index is 12.6. The molecular weight excluding hydrogens is 326 g/mol. The summed E-state index contributed by atoms with van der Waals surface area (Å²) in [4.78, 5) is 29.2. The molecule has 1 aliphatic carbocycles. The van der Waals surface area contributed by atoms with E-state index in [0.717, 1.165) is 37.3 Å². The lowest BCUT2D eigenvalue weighted by Gasteiger charge is -2.31.